The van der Waals surface area contributed by atoms with Crippen molar-refractivity contribution in [1.82, 2.24) is 14.9 Å². The predicted molar refractivity (Wildman–Crippen MR) is 144 cm³/mol. The van der Waals surface area contributed by atoms with Gasteiger partial charge in [0.2, 0.25) is 0 Å². The monoisotopic (exact) mass is 574 g/mol. The van der Waals surface area contributed by atoms with Gasteiger partial charge < -0.3 is 20.1 Å². The summed E-state index contributed by atoms with van der Waals surface area (Å²) in [6, 6.07) is 10.8. The van der Waals surface area contributed by atoms with Crippen molar-refractivity contribution in [1.29, 1.82) is 0 Å². The number of hydrogen-bond donors (Lipinski definition) is 3. The number of nitrogens with one attached hydrogen (secondary N) is 3. The highest BCUT2D eigenvalue weighted by molar-refractivity contribution is 6.09. The van der Waals surface area contributed by atoms with Gasteiger partial charge in [0.1, 0.15) is 11.4 Å². The lowest BCUT2D eigenvalue weighted by Gasteiger charge is -2.30. The summed E-state index contributed by atoms with van der Waals surface area (Å²) in [6.07, 6.45) is -5.33. The number of ether oxygens (including phenoxy) is 2. The maximum Gasteiger partial charge on any atom is 0.425 e. The molecule has 1 aromatic heterocycles. The largest absolute Gasteiger partial charge is 0.493 e. The molecule has 2 heterocycles. The second-order valence-electron chi connectivity index (χ2n) is 10.6. The fourth-order valence-corrected chi connectivity index (χ4v) is 4.68. The summed E-state index contributed by atoms with van der Waals surface area (Å²) in [7, 11) is 2.89. The van der Waals surface area contributed by atoms with E-state index in [1.165, 1.54) is 26.4 Å². The number of H-pyrrole nitrogens is 1. The minimum Gasteiger partial charge on any atom is -0.493 e. The number of anilines is 1. The van der Waals surface area contributed by atoms with Crippen molar-refractivity contribution in [3.8, 4) is 11.5 Å². The van der Waals surface area contributed by atoms with Gasteiger partial charge in [0.25, 0.3) is 22.9 Å². The number of rotatable bonds is 7. The molecular weight excluding hydrogens is 545 g/mol. The van der Waals surface area contributed by atoms with Gasteiger partial charge in [-0.2, -0.15) is 13.2 Å². The molecule has 1 aliphatic heterocycles. The standard InChI is InChI=1S/C28H29F3N4O6/c1-26(2,3)17-9-7-16(8-10-17)22(36)34-27(28(29,30)31)20-21(32-24(27)38)35(25(39)33-23(20)37)13-12-15-6-11-18(40-4)19(14-15)41-5/h6-11,14H,12-13H2,1-5H3,(H,32,38)(H,34,36)(H,33,37,39)/t27-/m1/s1. The molecule has 218 valence electrons. The molecule has 4 rings (SSSR count). The van der Waals surface area contributed by atoms with Crippen LogP contribution in [-0.2, 0) is 28.7 Å². The number of aryl methyl sites for hydroxylation is 1. The van der Waals surface area contributed by atoms with E-state index >= 15 is 0 Å². The van der Waals surface area contributed by atoms with E-state index in [4.69, 9.17) is 9.47 Å². The van der Waals surface area contributed by atoms with Crippen molar-refractivity contribution in [2.75, 3.05) is 19.5 Å². The number of methoxy groups -OCH3 is 2. The normalized spacial score (nSPS) is 16.6. The summed E-state index contributed by atoms with van der Waals surface area (Å²) in [5.41, 5.74) is -6.31. The number of benzene rings is 2. The maximum absolute atomic E-state index is 14.7. The van der Waals surface area contributed by atoms with Crippen molar-refractivity contribution >= 4 is 17.6 Å². The Bertz CT molecular complexity index is 1620. The molecule has 0 spiro atoms. The Morgan fingerprint density at radius 1 is 0.976 bits per heavy atom. The molecular formula is C28H29F3N4O6. The summed E-state index contributed by atoms with van der Waals surface area (Å²) < 4.78 is 55.4. The molecule has 3 aromatic rings. The first-order chi connectivity index (χ1) is 19.1. The third kappa shape index (κ3) is 5.19. The molecule has 0 bridgehead atoms. The van der Waals surface area contributed by atoms with Crippen LogP contribution in [0.1, 0.15) is 47.8 Å². The first-order valence-electron chi connectivity index (χ1n) is 12.5. The van der Waals surface area contributed by atoms with Gasteiger partial charge in [-0.3, -0.25) is 23.9 Å². The minimum atomic E-state index is -5.44. The van der Waals surface area contributed by atoms with Crippen molar-refractivity contribution in [2.45, 2.75) is 50.9 Å². The first-order valence-corrected chi connectivity index (χ1v) is 12.5. The number of hydrogen-bond acceptors (Lipinski definition) is 6. The van der Waals surface area contributed by atoms with Gasteiger partial charge in [-0.15, -0.1) is 0 Å². The van der Waals surface area contributed by atoms with Crippen LogP contribution in [-0.4, -0.2) is 41.8 Å². The van der Waals surface area contributed by atoms with E-state index in [2.05, 4.69) is 0 Å². The highest BCUT2D eigenvalue weighted by Crippen LogP contribution is 2.45. The average molecular weight is 575 g/mol. The minimum absolute atomic E-state index is 0.111. The number of amides is 2. The number of aromatic amines is 1. The van der Waals surface area contributed by atoms with Crippen LogP contribution < -0.4 is 31.4 Å². The number of carbonyl (C=O) groups is 2. The lowest BCUT2D eigenvalue weighted by molar-refractivity contribution is -0.196. The molecule has 3 N–H and O–H groups in total. The SMILES string of the molecule is COc1ccc(CCn2c3c(c(=O)[nH]c2=O)[C@](NC(=O)c2ccc(C(C)(C)C)cc2)(C(F)(F)F)C(=O)N3)cc1OC. The van der Waals surface area contributed by atoms with Crippen LogP contribution >= 0.6 is 0 Å². The lowest BCUT2D eigenvalue weighted by Crippen LogP contribution is -2.62. The quantitative estimate of drug-likeness (QED) is 0.397. The van der Waals surface area contributed by atoms with Gasteiger partial charge in [-0.25, -0.2) is 4.79 Å². The molecule has 0 unspecified atom stereocenters. The van der Waals surface area contributed by atoms with Gasteiger partial charge >= 0.3 is 11.9 Å². The smallest absolute Gasteiger partial charge is 0.425 e. The molecule has 10 nitrogen and oxygen atoms in total. The first kappa shape index (κ1) is 29.4. The van der Waals surface area contributed by atoms with Crippen LogP contribution in [0.25, 0.3) is 0 Å². The Labute approximate surface area is 232 Å². The van der Waals surface area contributed by atoms with E-state index in [1.54, 1.807) is 35.6 Å². The van der Waals surface area contributed by atoms with Crippen LogP contribution in [0, 0.1) is 0 Å². The van der Waals surface area contributed by atoms with E-state index in [1.807, 2.05) is 31.1 Å². The van der Waals surface area contributed by atoms with Crippen LogP contribution in [0.2, 0.25) is 0 Å². The van der Waals surface area contributed by atoms with Crippen molar-refractivity contribution in [3.05, 3.63) is 85.6 Å². The Morgan fingerprint density at radius 2 is 1.61 bits per heavy atom. The fourth-order valence-electron chi connectivity index (χ4n) is 4.68. The van der Waals surface area contributed by atoms with Crippen LogP contribution in [0.5, 0.6) is 11.5 Å². The number of alkyl halides is 3. The van der Waals surface area contributed by atoms with Gasteiger partial charge in [-0.05, 0) is 47.2 Å². The van der Waals surface area contributed by atoms with E-state index in [9.17, 15) is 32.3 Å². The molecule has 1 atom stereocenters. The van der Waals surface area contributed by atoms with Crippen LogP contribution in [0.4, 0.5) is 19.0 Å². The summed E-state index contributed by atoms with van der Waals surface area (Å²) in [6.45, 7) is 5.57. The van der Waals surface area contributed by atoms with E-state index in [-0.39, 0.29) is 23.9 Å². The molecule has 0 aliphatic carbocycles. The molecule has 41 heavy (non-hydrogen) atoms. The summed E-state index contributed by atoms with van der Waals surface area (Å²) >= 11 is 0. The Hall–Kier alpha value is -4.55. The molecule has 0 fully saturated rings. The lowest BCUT2D eigenvalue weighted by atomic mass is 9.86. The van der Waals surface area contributed by atoms with E-state index < -0.39 is 46.2 Å². The summed E-state index contributed by atoms with van der Waals surface area (Å²) in [5.74, 6) is -2.75. The number of halogens is 3. The zero-order chi connectivity index (χ0) is 30.3. The third-order valence-corrected chi connectivity index (χ3v) is 6.96. The van der Waals surface area contributed by atoms with Gasteiger partial charge in [-0.1, -0.05) is 39.0 Å². The molecule has 0 saturated heterocycles. The van der Waals surface area contributed by atoms with E-state index in [0.717, 1.165) is 10.1 Å². The molecule has 0 saturated carbocycles. The Morgan fingerprint density at radius 3 is 2.17 bits per heavy atom. The van der Waals surface area contributed by atoms with Crippen molar-refractivity contribution in [2.24, 2.45) is 0 Å². The molecule has 2 amide bonds. The second kappa shape index (κ2) is 10.5. The predicted octanol–water partition coefficient (Wildman–Crippen LogP) is 3.23. The number of carbonyl (C=O) groups excluding carboxylic acids is 2. The number of fused-ring (bicyclic) bond motifs is 1. The highest BCUT2D eigenvalue weighted by atomic mass is 19.4. The average Bonchev–Trinajstić information content (AvgIpc) is 3.20. The van der Waals surface area contributed by atoms with E-state index in [0.29, 0.717) is 17.1 Å². The second-order valence-corrected chi connectivity index (χ2v) is 10.6. The molecule has 1 aliphatic rings. The number of aromatic nitrogens is 2. The van der Waals surface area contributed by atoms with Gasteiger partial charge in [0.15, 0.2) is 11.5 Å². The topological polar surface area (TPSA) is 132 Å². The summed E-state index contributed by atoms with van der Waals surface area (Å²) in [5, 5.41) is 3.79. The van der Waals surface area contributed by atoms with Crippen LogP contribution in [0.3, 0.4) is 0 Å². The van der Waals surface area contributed by atoms with Crippen molar-refractivity contribution < 1.29 is 32.2 Å². The Kier molecular flexibility index (Phi) is 7.50. The highest BCUT2D eigenvalue weighted by Gasteiger charge is 2.68. The third-order valence-electron chi connectivity index (χ3n) is 6.96. The molecule has 13 heteroatoms. The van der Waals surface area contributed by atoms with Crippen LogP contribution in [0.15, 0.2) is 52.1 Å². The number of nitrogens with zero attached hydrogens (tertiary/aromatic N) is 1. The maximum atomic E-state index is 14.7. The fraction of sp³-hybridized carbons (Fsp3) is 0.357. The van der Waals surface area contributed by atoms with Gasteiger partial charge in [0.05, 0.1) is 14.2 Å². The zero-order valence-corrected chi connectivity index (χ0v) is 23.0. The Balaban J connectivity index is 1.75. The molecule has 2 aromatic carbocycles. The van der Waals surface area contributed by atoms with Crippen molar-refractivity contribution in [3.63, 3.8) is 0 Å². The molecule has 0 radical (unpaired) electrons. The zero-order valence-electron chi connectivity index (χ0n) is 23.0. The summed E-state index contributed by atoms with van der Waals surface area (Å²) in [4.78, 5) is 53.5. The van der Waals surface area contributed by atoms with Gasteiger partial charge in [0, 0.05) is 12.1 Å².